The second kappa shape index (κ2) is 10.0. The molecule has 0 aliphatic heterocycles. The summed E-state index contributed by atoms with van der Waals surface area (Å²) in [5, 5.41) is 16.9. The van der Waals surface area contributed by atoms with Crippen molar-refractivity contribution in [2.24, 2.45) is 5.10 Å². The van der Waals surface area contributed by atoms with Gasteiger partial charge in [0.2, 0.25) is 5.75 Å². The van der Waals surface area contributed by atoms with E-state index in [1.807, 2.05) is 0 Å². The predicted octanol–water partition coefficient (Wildman–Crippen LogP) is 6.25. The molecule has 1 aromatic heterocycles. The highest BCUT2D eigenvalue weighted by Gasteiger charge is 2.21. The van der Waals surface area contributed by atoms with Crippen molar-refractivity contribution in [3.05, 3.63) is 106 Å². The summed E-state index contributed by atoms with van der Waals surface area (Å²) in [5.41, 5.74) is 0.879. The van der Waals surface area contributed by atoms with Crippen molar-refractivity contribution < 1.29 is 9.66 Å². The number of hydrogen-bond donors (Lipinski definition) is 0. The van der Waals surface area contributed by atoms with E-state index in [0.717, 1.165) is 9.15 Å². The van der Waals surface area contributed by atoms with Crippen LogP contribution in [-0.4, -0.2) is 20.8 Å². The first-order valence-corrected chi connectivity index (χ1v) is 11.8. The lowest BCUT2D eigenvalue weighted by atomic mass is 10.2. The number of nitro groups is 1. The fourth-order valence-corrected chi connectivity index (χ4v) is 4.28. The summed E-state index contributed by atoms with van der Waals surface area (Å²) in [5.74, 6) is 0.359. The van der Waals surface area contributed by atoms with Gasteiger partial charge in [-0.3, -0.25) is 14.9 Å². The Morgan fingerprint density at radius 1 is 1.18 bits per heavy atom. The average Bonchev–Trinajstić information content (AvgIpc) is 2.79. The fourth-order valence-electron chi connectivity index (χ4n) is 3.27. The van der Waals surface area contributed by atoms with Crippen molar-refractivity contribution in [2.75, 3.05) is 0 Å². The van der Waals surface area contributed by atoms with Crippen LogP contribution in [0.5, 0.6) is 5.75 Å². The standard InChI is InChI=1S/C23H15Br2ClN4O4/c1-13-28-20-7-6-16(24)9-18(20)23(31)29(13)27-11-15-8-17(25)10-21(30(32)33)22(15)34-12-14-4-2-3-5-19(14)26/h2-11H,12H2,1H3. The molecular weight excluding hydrogens is 592 g/mol. The monoisotopic (exact) mass is 604 g/mol. The maximum absolute atomic E-state index is 13.0. The summed E-state index contributed by atoms with van der Waals surface area (Å²) in [6.07, 6.45) is 1.33. The molecule has 4 aromatic rings. The first kappa shape index (κ1) is 24.1. The fraction of sp³-hybridized carbons (Fsp3) is 0.0870. The molecular formula is C23H15Br2ClN4O4. The molecule has 0 spiro atoms. The number of ether oxygens (including phenoxy) is 1. The number of aromatic nitrogens is 2. The molecule has 172 valence electrons. The second-order valence-electron chi connectivity index (χ2n) is 7.16. The Balaban J connectivity index is 1.79. The zero-order valence-corrected chi connectivity index (χ0v) is 21.5. The molecule has 0 radical (unpaired) electrons. The Labute approximate surface area is 215 Å². The molecule has 0 bridgehead atoms. The number of halogens is 3. The number of nitrogens with zero attached hydrogens (tertiary/aromatic N) is 4. The van der Waals surface area contributed by atoms with Crippen LogP contribution in [0.25, 0.3) is 10.9 Å². The lowest BCUT2D eigenvalue weighted by Gasteiger charge is -2.12. The topological polar surface area (TPSA) is 99.6 Å². The van der Waals surface area contributed by atoms with Crippen molar-refractivity contribution in [1.82, 2.24) is 9.66 Å². The van der Waals surface area contributed by atoms with Crippen LogP contribution in [0.3, 0.4) is 0 Å². The van der Waals surface area contributed by atoms with Crippen LogP contribution in [0.2, 0.25) is 5.02 Å². The van der Waals surface area contributed by atoms with Crippen molar-refractivity contribution in [3.63, 3.8) is 0 Å². The maximum atomic E-state index is 13.0. The smallest absolute Gasteiger partial charge is 0.312 e. The van der Waals surface area contributed by atoms with Crippen LogP contribution in [0.4, 0.5) is 5.69 Å². The Morgan fingerprint density at radius 2 is 1.94 bits per heavy atom. The molecule has 0 N–H and O–H groups in total. The summed E-state index contributed by atoms with van der Waals surface area (Å²) < 4.78 is 8.16. The predicted molar refractivity (Wildman–Crippen MR) is 138 cm³/mol. The van der Waals surface area contributed by atoms with Gasteiger partial charge in [-0.05, 0) is 37.3 Å². The third-order valence-electron chi connectivity index (χ3n) is 4.87. The van der Waals surface area contributed by atoms with E-state index in [-0.39, 0.29) is 23.6 Å². The molecule has 1 heterocycles. The maximum Gasteiger partial charge on any atom is 0.312 e. The van der Waals surface area contributed by atoms with Gasteiger partial charge in [-0.25, -0.2) is 4.98 Å². The number of aryl methyl sites for hydroxylation is 1. The van der Waals surface area contributed by atoms with Gasteiger partial charge in [0.05, 0.1) is 22.0 Å². The highest BCUT2D eigenvalue weighted by Crippen LogP contribution is 2.35. The van der Waals surface area contributed by atoms with E-state index in [1.54, 1.807) is 55.5 Å². The highest BCUT2D eigenvalue weighted by molar-refractivity contribution is 9.10. The normalized spacial score (nSPS) is 11.3. The number of rotatable bonds is 6. The minimum absolute atomic E-state index is 0.000866. The van der Waals surface area contributed by atoms with Crippen molar-refractivity contribution in [1.29, 1.82) is 0 Å². The number of hydrogen-bond acceptors (Lipinski definition) is 6. The SMILES string of the molecule is Cc1nc2ccc(Br)cc2c(=O)n1N=Cc1cc(Br)cc([N+](=O)[O-])c1OCc1ccccc1Cl. The molecule has 4 rings (SSSR count). The number of fused-ring (bicyclic) bond motifs is 1. The summed E-state index contributed by atoms with van der Waals surface area (Å²) >= 11 is 12.8. The van der Waals surface area contributed by atoms with Gasteiger partial charge < -0.3 is 4.74 Å². The van der Waals surface area contributed by atoms with E-state index in [1.165, 1.54) is 12.3 Å². The first-order chi connectivity index (χ1) is 16.2. The number of nitro benzene ring substituents is 1. The van der Waals surface area contributed by atoms with Crippen molar-refractivity contribution >= 4 is 66.3 Å². The molecule has 34 heavy (non-hydrogen) atoms. The van der Waals surface area contributed by atoms with E-state index in [4.69, 9.17) is 16.3 Å². The van der Waals surface area contributed by atoms with Crippen LogP contribution in [0.15, 0.2) is 73.4 Å². The van der Waals surface area contributed by atoms with E-state index < -0.39 is 4.92 Å². The van der Waals surface area contributed by atoms with Gasteiger partial charge in [-0.15, -0.1) is 0 Å². The molecule has 0 aliphatic rings. The second-order valence-corrected chi connectivity index (χ2v) is 9.40. The van der Waals surface area contributed by atoms with Gasteiger partial charge in [0.15, 0.2) is 0 Å². The van der Waals surface area contributed by atoms with Crippen molar-refractivity contribution in [2.45, 2.75) is 13.5 Å². The van der Waals surface area contributed by atoms with Crippen LogP contribution in [0.1, 0.15) is 17.0 Å². The first-order valence-electron chi connectivity index (χ1n) is 9.82. The molecule has 0 unspecified atom stereocenters. The third kappa shape index (κ3) is 5.03. The largest absolute Gasteiger partial charge is 0.481 e. The minimum Gasteiger partial charge on any atom is -0.481 e. The Hall–Kier alpha value is -3.08. The third-order valence-corrected chi connectivity index (χ3v) is 6.19. The van der Waals surface area contributed by atoms with Crippen LogP contribution < -0.4 is 10.3 Å². The minimum atomic E-state index is -0.545. The van der Waals surface area contributed by atoms with Crippen LogP contribution >= 0.6 is 43.5 Å². The van der Waals surface area contributed by atoms with Gasteiger partial charge >= 0.3 is 5.69 Å². The lowest BCUT2D eigenvalue weighted by Crippen LogP contribution is -2.20. The van der Waals surface area contributed by atoms with Gasteiger partial charge in [-0.2, -0.15) is 9.78 Å². The van der Waals surface area contributed by atoms with E-state index >= 15 is 0 Å². The van der Waals surface area contributed by atoms with Crippen molar-refractivity contribution in [3.8, 4) is 5.75 Å². The zero-order valence-electron chi connectivity index (χ0n) is 17.5. The zero-order chi connectivity index (χ0) is 24.4. The molecule has 0 amide bonds. The average molecular weight is 607 g/mol. The lowest BCUT2D eigenvalue weighted by molar-refractivity contribution is -0.386. The van der Waals surface area contributed by atoms with Gasteiger partial charge in [0, 0.05) is 31.2 Å². The molecule has 0 saturated carbocycles. The van der Waals surface area contributed by atoms with Gasteiger partial charge in [0.25, 0.3) is 5.56 Å². The summed E-state index contributed by atoms with van der Waals surface area (Å²) in [7, 11) is 0. The van der Waals surface area contributed by atoms with Gasteiger partial charge in [-0.1, -0.05) is 61.7 Å². The summed E-state index contributed by atoms with van der Waals surface area (Å²) in [6, 6.07) is 15.2. The molecule has 8 nitrogen and oxygen atoms in total. The van der Waals surface area contributed by atoms with Gasteiger partial charge in [0.1, 0.15) is 12.4 Å². The van der Waals surface area contributed by atoms with Crippen LogP contribution in [-0.2, 0) is 6.61 Å². The Morgan fingerprint density at radius 3 is 2.68 bits per heavy atom. The van der Waals surface area contributed by atoms with E-state index in [2.05, 4.69) is 41.9 Å². The Kier molecular flexibility index (Phi) is 7.11. The Bertz CT molecular complexity index is 1520. The molecule has 0 saturated heterocycles. The number of benzene rings is 3. The summed E-state index contributed by atoms with van der Waals surface area (Å²) in [4.78, 5) is 28.6. The summed E-state index contributed by atoms with van der Waals surface area (Å²) in [6.45, 7) is 1.66. The quantitative estimate of drug-likeness (QED) is 0.147. The van der Waals surface area contributed by atoms with E-state index in [0.29, 0.717) is 37.3 Å². The van der Waals surface area contributed by atoms with E-state index in [9.17, 15) is 14.9 Å². The highest BCUT2D eigenvalue weighted by atomic mass is 79.9. The molecule has 3 aromatic carbocycles. The van der Waals surface area contributed by atoms with Crippen LogP contribution in [0, 0.1) is 17.0 Å². The molecule has 11 heteroatoms. The molecule has 0 aliphatic carbocycles. The molecule has 0 fully saturated rings. The molecule has 0 atom stereocenters.